The van der Waals surface area contributed by atoms with Gasteiger partial charge in [-0.05, 0) is 0 Å². The van der Waals surface area contributed by atoms with Gasteiger partial charge in [0.05, 0.1) is 8.41 Å². The van der Waals surface area contributed by atoms with Gasteiger partial charge in [0.1, 0.15) is 0 Å². The van der Waals surface area contributed by atoms with Gasteiger partial charge in [-0.2, -0.15) is 0 Å². The van der Waals surface area contributed by atoms with E-state index in [0.29, 0.717) is 0 Å². The summed E-state index contributed by atoms with van der Waals surface area (Å²) in [6.07, 6.45) is 0. The van der Waals surface area contributed by atoms with Crippen molar-refractivity contribution in [3.8, 4) is 4.74 Å². The van der Waals surface area contributed by atoms with Crippen molar-refractivity contribution in [2.24, 2.45) is 0 Å². The predicted octanol–water partition coefficient (Wildman–Crippen LogP) is -1.55. The van der Waals surface area contributed by atoms with Crippen LogP contribution in [0.5, 0.6) is 0 Å². The van der Waals surface area contributed by atoms with Crippen LogP contribution in [0.1, 0.15) is 0 Å². The molecule has 0 aromatic rings. The Morgan fingerprint density at radius 2 is 1.75 bits per heavy atom. The van der Waals surface area contributed by atoms with Crippen LogP contribution in [0.15, 0.2) is 0 Å². The first-order valence-corrected chi connectivity index (χ1v) is 0.724. The van der Waals surface area contributed by atoms with Crippen LogP contribution >= 0.6 is 0 Å². The van der Waals surface area contributed by atoms with Crippen molar-refractivity contribution in [2.75, 3.05) is 0 Å². The number of rotatable bonds is 0. The van der Waals surface area contributed by atoms with E-state index in [-0.39, 0.29) is 8.41 Å². The number of hydrogen-bond donors (Lipinski definition) is 0. The quantitative estimate of drug-likeness (QED) is 0.303. The second-order valence-electron chi connectivity index (χ2n) is 0.224. The molecule has 0 saturated heterocycles. The summed E-state index contributed by atoms with van der Waals surface area (Å²) in [6, 6.07) is 0. The summed E-state index contributed by atoms with van der Waals surface area (Å²) < 4.78 is 1.75. The Morgan fingerprint density at radius 1 is 1.75 bits per heavy atom. The third kappa shape index (κ3) is 123. The second kappa shape index (κ2) is 11.0. The molecule has 0 bridgehead atoms. The van der Waals surface area contributed by atoms with E-state index in [9.17, 15) is 0 Å². The van der Waals surface area contributed by atoms with E-state index in [4.69, 9.17) is 5.26 Å². The van der Waals surface area contributed by atoms with E-state index in [1.54, 1.807) is 4.74 Å². The number of nitrogens with zero attached hydrogens (tertiary/aromatic N) is 1. The maximum atomic E-state index is 7.32. The van der Waals surface area contributed by atoms with Gasteiger partial charge >= 0.3 is 27.7 Å². The molecule has 0 rings (SSSR count). The normalized spacial score (nSPS) is 2.25. The summed E-state index contributed by atoms with van der Waals surface area (Å²) in [4.78, 5) is 0. The van der Waals surface area contributed by atoms with Gasteiger partial charge in [-0.1, -0.05) is 0 Å². The zero-order valence-electron chi connectivity index (χ0n) is 1.95. The molecule has 0 radical (unpaired) electrons. The van der Waals surface area contributed by atoms with Crippen LogP contribution in [0.4, 0.5) is 0 Å². The average Bonchev–Trinajstić information content (AvgIpc) is 0.918. The third-order valence-corrected chi connectivity index (χ3v) is 0. The summed E-state index contributed by atoms with van der Waals surface area (Å²) >= 11 is 1.43. The van der Waals surface area contributed by atoms with Crippen molar-refractivity contribution in [1.29, 1.82) is 5.26 Å². The van der Waals surface area contributed by atoms with Gasteiger partial charge in [-0.15, -0.1) is 0 Å². The van der Waals surface area contributed by atoms with Gasteiger partial charge in [0.15, 0.2) is 0 Å². The summed E-state index contributed by atoms with van der Waals surface area (Å²) in [5, 5.41) is 7.32. The molecule has 0 N–H and O–H groups in total. The Hall–Kier alpha value is 0.152. The zero-order chi connectivity index (χ0) is 2.71. The Kier molecular flexibility index (Phi) is 24.5. The van der Waals surface area contributed by atoms with Gasteiger partial charge < -0.3 is 0 Å². The Balaban J connectivity index is 0. The number of hydrogen-bond acceptors (Lipinski definition) is 1. The van der Waals surface area contributed by atoms with E-state index in [0.717, 1.165) is 0 Å². The predicted molar refractivity (Wildman–Crippen MR) is 21.3 cm³/mol. The molecular weight excluding hydrogens is 43.8 g/mol. The molecular formula is CH3BLiN. The third-order valence-electron chi connectivity index (χ3n) is 0. The minimum atomic E-state index is 0. The van der Waals surface area contributed by atoms with E-state index >= 15 is 0 Å². The summed E-state index contributed by atoms with van der Waals surface area (Å²) in [7, 11) is 0. The molecule has 3 heteroatoms. The molecule has 1 nitrogen and oxygen atoms in total. The summed E-state index contributed by atoms with van der Waals surface area (Å²) in [5.74, 6) is 0. The van der Waals surface area contributed by atoms with Crippen LogP contribution in [-0.4, -0.2) is 26.1 Å². The first-order valence-electron chi connectivity index (χ1n) is 0.724. The van der Waals surface area contributed by atoms with Gasteiger partial charge in [-0.3, -0.25) is 0 Å². The first kappa shape index (κ1) is 8.91. The number of nitriles is 1. The fourth-order valence-corrected chi connectivity index (χ4v) is 0. The molecule has 0 spiro atoms. The first-order chi connectivity index (χ1) is 1.41. The molecule has 0 aliphatic carbocycles. The van der Waals surface area contributed by atoms with Crippen molar-refractivity contribution >= 4 is 26.1 Å². The molecule has 4 heavy (non-hydrogen) atoms. The molecule has 0 saturated carbocycles. The zero-order valence-corrected chi connectivity index (χ0v) is 1.95. The molecule has 16 valence electrons. The molecule has 0 heterocycles. The fourth-order valence-electron chi connectivity index (χ4n) is 0. The Morgan fingerprint density at radius 3 is 1.75 bits per heavy atom. The fraction of sp³-hybridized carbons (Fsp3) is 0. The van der Waals surface area contributed by atoms with Crippen LogP contribution in [0, 0.1) is 10.0 Å². The average molecular weight is 46.8 g/mol. The van der Waals surface area contributed by atoms with E-state index in [1.807, 2.05) is 0 Å². The van der Waals surface area contributed by atoms with Crippen LogP contribution in [0.3, 0.4) is 0 Å². The SMILES string of the molecule is B.[Li][C]#N. The second-order valence-corrected chi connectivity index (χ2v) is 0.224. The molecule has 0 aliphatic heterocycles. The van der Waals surface area contributed by atoms with Crippen LogP contribution in [-0.2, 0) is 0 Å². The van der Waals surface area contributed by atoms with E-state index in [2.05, 4.69) is 0 Å². The molecule has 0 aromatic carbocycles. The summed E-state index contributed by atoms with van der Waals surface area (Å²) in [5.41, 5.74) is 0. The van der Waals surface area contributed by atoms with Crippen molar-refractivity contribution < 1.29 is 0 Å². The van der Waals surface area contributed by atoms with Crippen LogP contribution in [0.2, 0.25) is 0 Å². The molecule has 0 amide bonds. The van der Waals surface area contributed by atoms with E-state index in [1.165, 1.54) is 17.7 Å². The summed E-state index contributed by atoms with van der Waals surface area (Å²) in [6.45, 7) is 0. The van der Waals surface area contributed by atoms with Crippen molar-refractivity contribution in [3.63, 3.8) is 0 Å². The van der Waals surface area contributed by atoms with Crippen LogP contribution < -0.4 is 0 Å². The van der Waals surface area contributed by atoms with Gasteiger partial charge in [0.25, 0.3) is 0 Å². The van der Waals surface area contributed by atoms with Gasteiger partial charge in [0.2, 0.25) is 0 Å². The Labute approximate surface area is 36.8 Å². The Bertz CT molecular complexity index is 29.5. The molecule has 0 unspecified atom stereocenters. The van der Waals surface area contributed by atoms with Crippen molar-refractivity contribution in [3.05, 3.63) is 0 Å². The molecule has 0 fully saturated rings. The van der Waals surface area contributed by atoms with Gasteiger partial charge in [0, 0.05) is 0 Å². The molecule has 0 aliphatic rings. The monoisotopic (exact) mass is 47.1 g/mol. The van der Waals surface area contributed by atoms with Crippen molar-refractivity contribution in [2.45, 2.75) is 0 Å². The topological polar surface area (TPSA) is 23.8 Å². The van der Waals surface area contributed by atoms with Crippen molar-refractivity contribution in [1.82, 2.24) is 0 Å². The van der Waals surface area contributed by atoms with Gasteiger partial charge in [-0.25, -0.2) is 0 Å². The van der Waals surface area contributed by atoms with E-state index < -0.39 is 0 Å². The van der Waals surface area contributed by atoms with Crippen LogP contribution in [0.25, 0.3) is 0 Å². The molecule has 0 aromatic heterocycles. The standard InChI is InChI=1S/CN.BH3.Li/c1-2;;/h;1H3;. The molecule has 0 atom stereocenters. The minimum absolute atomic E-state index is 0. The maximum absolute atomic E-state index is 7.32.